The standard InChI is InChI=1S/2C4H6N3OS.Cu/c2*1-5-4(9)7-6-2-3-8;/h2*2H,1H3,(H2,5,7,9);/q2*-1;+2/b2*6-2+;. The van der Waals surface area contributed by atoms with Gasteiger partial charge in [0.2, 0.25) is 0 Å². The van der Waals surface area contributed by atoms with Crippen molar-refractivity contribution in [2.75, 3.05) is 14.1 Å². The van der Waals surface area contributed by atoms with E-state index in [4.69, 9.17) is 0 Å². The molecule has 0 amide bonds. The van der Waals surface area contributed by atoms with Gasteiger partial charge >= 0.3 is 17.1 Å². The first-order valence-electron chi connectivity index (χ1n) is 4.36. The Balaban J connectivity index is -0.000000256. The first-order valence-corrected chi connectivity index (χ1v) is 5.17. The van der Waals surface area contributed by atoms with Crippen LogP contribution in [0.4, 0.5) is 0 Å². The summed E-state index contributed by atoms with van der Waals surface area (Å²) in [5.41, 5.74) is 4.72. The summed E-state index contributed by atoms with van der Waals surface area (Å²) in [6, 6.07) is 0. The van der Waals surface area contributed by atoms with Crippen molar-refractivity contribution in [1.82, 2.24) is 21.5 Å². The van der Waals surface area contributed by atoms with Crippen LogP contribution in [-0.2, 0) is 26.7 Å². The second kappa shape index (κ2) is 18.9. The summed E-state index contributed by atoms with van der Waals surface area (Å²) in [5.74, 6) is 0. The average molecular weight is 352 g/mol. The minimum Gasteiger partial charge on any atom is -0.536 e. The molecule has 0 aromatic rings. The topological polar surface area (TPSA) is 107 Å². The minimum absolute atomic E-state index is 0. The molecule has 1 radical (unpaired) electrons. The third-order valence-corrected chi connectivity index (χ3v) is 1.61. The van der Waals surface area contributed by atoms with E-state index in [9.17, 15) is 9.59 Å². The largest absolute Gasteiger partial charge is 2.00 e. The fourth-order valence-electron chi connectivity index (χ4n) is 0.346. The van der Waals surface area contributed by atoms with Crippen LogP contribution < -0.4 is 21.5 Å². The van der Waals surface area contributed by atoms with Gasteiger partial charge in [0.1, 0.15) is 0 Å². The predicted octanol–water partition coefficient (Wildman–Crippen LogP) is -1.65. The molecule has 0 aliphatic heterocycles. The van der Waals surface area contributed by atoms with Gasteiger partial charge in [0.05, 0.1) is 0 Å². The molecule has 0 heterocycles. The molecule has 0 unspecified atom stereocenters. The Morgan fingerprint density at radius 3 is 1.47 bits per heavy atom. The first-order chi connectivity index (χ1) is 8.62. The van der Waals surface area contributed by atoms with E-state index in [1.54, 1.807) is 14.1 Å². The molecule has 0 atom stereocenters. The number of thiocarbonyl (C=S) groups is 2. The SMILES string of the molecule is CNC(=S)N/N=C/[C-]=O.CNC(=S)N/N=C/[C-]=O.[Cu+2]. The van der Waals surface area contributed by atoms with Gasteiger partial charge in [-0.1, -0.05) is 12.4 Å². The maximum Gasteiger partial charge on any atom is 2.00 e. The second-order valence-corrected chi connectivity index (χ2v) is 2.95. The zero-order chi connectivity index (χ0) is 14.2. The molecular formula is C8H12CuN6O2S2. The zero-order valence-corrected chi connectivity index (χ0v) is 12.6. The van der Waals surface area contributed by atoms with E-state index < -0.39 is 0 Å². The van der Waals surface area contributed by atoms with Gasteiger partial charge in [-0.15, -0.1) is 0 Å². The molecule has 11 heteroatoms. The monoisotopic (exact) mass is 351 g/mol. The van der Waals surface area contributed by atoms with E-state index in [0.29, 0.717) is 10.2 Å². The second-order valence-electron chi connectivity index (χ2n) is 2.13. The van der Waals surface area contributed by atoms with Gasteiger partial charge in [-0.25, -0.2) is 22.8 Å². The fourth-order valence-corrected chi connectivity index (χ4v) is 0.452. The number of carbonyl (C=O) groups excluding carboxylic acids is 2. The molecule has 0 aliphatic rings. The summed E-state index contributed by atoms with van der Waals surface area (Å²) in [6.45, 7) is 0. The van der Waals surface area contributed by atoms with Crippen molar-refractivity contribution in [1.29, 1.82) is 0 Å². The van der Waals surface area contributed by atoms with E-state index in [1.807, 2.05) is 0 Å². The molecule has 0 fully saturated rings. The van der Waals surface area contributed by atoms with E-state index in [1.165, 1.54) is 12.6 Å². The number of nitrogens with one attached hydrogen (secondary N) is 4. The number of nitrogens with zero attached hydrogens (tertiary/aromatic N) is 2. The van der Waals surface area contributed by atoms with E-state index in [-0.39, 0.29) is 17.1 Å². The molecule has 19 heavy (non-hydrogen) atoms. The molecule has 0 rings (SSSR count). The van der Waals surface area contributed by atoms with Gasteiger partial charge in [-0.2, -0.15) is 0 Å². The van der Waals surface area contributed by atoms with Crippen LogP contribution >= 0.6 is 24.4 Å². The summed E-state index contributed by atoms with van der Waals surface area (Å²) in [7, 11) is 3.30. The van der Waals surface area contributed by atoms with Gasteiger partial charge in [0, 0.05) is 14.1 Å². The Hall–Kier alpha value is -1.42. The summed E-state index contributed by atoms with van der Waals surface area (Å²) >= 11 is 9.21. The fraction of sp³-hybridized carbons (Fsp3) is 0.250. The molecule has 0 bridgehead atoms. The summed E-state index contributed by atoms with van der Waals surface area (Å²) < 4.78 is 0. The quantitative estimate of drug-likeness (QED) is 0.157. The molecule has 4 N–H and O–H groups in total. The minimum atomic E-state index is 0. The first kappa shape index (κ1) is 22.7. The van der Waals surface area contributed by atoms with E-state index in [0.717, 1.165) is 12.4 Å². The molecule has 0 spiro atoms. The van der Waals surface area contributed by atoms with Crippen molar-refractivity contribution in [2.24, 2.45) is 10.2 Å². The summed E-state index contributed by atoms with van der Waals surface area (Å²) in [6.07, 6.45) is 4.81. The predicted molar refractivity (Wildman–Crippen MR) is 78.0 cm³/mol. The van der Waals surface area contributed by atoms with Crippen molar-refractivity contribution >= 4 is 59.7 Å². The maximum atomic E-state index is 9.50. The van der Waals surface area contributed by atoms with Crippen molar-refractivity contribution in [2.45, 2.75) is 0 Å². The molecule has 0 saturated carbocycles. The van der Waals surface area contributed by atoms with Gasteiger partial charge < -0.3 is 20.2 Å². The van der Waals surface area contributed by atoms with Crippen molar-refractivity contribution in [3.8, 4) is 0 Å². The van der Waals surface area contributed by atoms with Crippen LogP contribution in [0, 0.1) is 0 Å². The van der Waals surface area contributed by atoms with Crippen molar-refractivity contribution < 1.29 is 26.7 Å². The zero-order valence-electron chi connectivity index (χ0n) is 9.98. The third kappa shape index (κ3) is 22.3. The van der Waals surface area contributed by atoms with Crippen LogP contribution in [0.3, 0.4) is 0 Å². The van der Waals surface area contributed by atoms with Crippen LogP contribution in [-0.4, -0.2) is 49.3 Å². The van der Waals surface area contributed by atoms with E-state index in [2.05, 4.69) is 56.1 Å². The van der Waals surface area contributed by atoms with Crippen LogP contribution in [0.5, 0.6) is 0 Å². The van der Waals surface area contributed by atoms with Crippen LogP contribution in [0.15, 0.2) is 10.2 Å². The number of hydrazone groups is 2. The number of hydrogen-bond acceptors (Lipinski definition) is 6. The Kier molecular flexibility index (Phi) is 22.7. The normalized spacial score (nSPS) is 8.53. The van der Waals surface area contributed by atoms with Gasteiger partial charge in [-0.05, 0) is 24.4 Å². The maximum absolute atomic E-state index is 9.50. The van der Waals surface area contributed by atoms with Crippen molar-refractivity contribution in [3.05, 3.63) is 0 Å². The van der Waals surface area contributed by atoms with Crippen molar-refractivity contribution in [3.63, 3.8) is 0 Å². The summed E-state index contributed by atoms with van der Waals surface area (Å²) in [4.78, 5) is 19.0. The van der Waals surface area contributed by atoms with Crippen LogP contribution in [0.2, 0.25) is 0 Å². The Bertz CT molecular complexity index is 305. The Morgan fingerprint density at radius 1 is 0.947 bits per heavy atom. The molecule has 8 nitrogen and oxygen atoms in total. The molecule has 0 aromatic carbocycles. The number of hydrogen-bond donors (Lipinski definition) is 4. The molecular weight excluding hydrogens is 340 g/mol. The molecule has 0 saturated heterocycles. The Labute approximate surface area is 132 Å². The summed E-state index contributed by atoms with van der Waals surface area (Å²) in [5, 5.41) is 12.6. The van der Waals surface area contributed by atoms with Gasteiger partial charge in [-0.3, -0.25) is 10.9 Å². The molecule has 0 aromatic heterocycles. The van der Waals surface area contributed by atoms with Gasteiger partial charge in [0.25, 0.3) is 0 Å². The average Bonchev–Trinajstić information content (AvgIpc) is 2.39. The third-order valence-electron chi connectivity index (χ3n) is 1.02. The molecule has 0 aliphatic carbocycles. The van der Waals surface area contributed by atoms with Crippen LogP contribution in [0.1, 0.15) is 0 Å². The number of rotatable bonds is 4. The van der Waals surface area contributed by atoms with E-state index >= 15 is 0 Å². The van der Waals surface area contributed by atoms with Crippen LogP contribution in [0.25, 0.3) is 0 Å². The smallest absolute Gasteiger partial charge is 0.536 e. The Morgan fingerprint density at radius 2 is 1.26 bits per heavy atom. The molecule has 109 valence electrons. The van der Waals surface area contributed by atoms with Gasteiger partial charge in [0.15, 0.2) is 10.2 Å².